The second-order valence-electron chi connectivity index (χ2n) is 4.99. The van der Waals surface area contributed by atoms with Crippen LogP contribution in [-0.4, -0.2) is 28.7 Å². The maximum atomic E-state index is 11.4. The third-order valence-electron chi connectivity index (χ3n) is 1.97. The summed E-state index contributed by atoms with van der Waals surface area (Å²) in [5.74, 6) is -1.42. The average molecular weight is 263 g/mol. The van der Waals surface area contributed by atoms with Crippen molar-refractivity contribution >= 4 is 18.0 Å². The molecule has 0 fully saturated rings. The molecule has 19 heavy (non-hydrogen) atoms. The SMILES string of the molecule is CC(C)(C)NC(=O)C(=O)N/N=C/c1ccc(O)cc1. The lowest BCUT2D eigenvalue weighted by Gasteiger charge is -2.19. The molecule has 0 aliphatic heterocycles. The molecule has 1 aromatic carbocycles. The van der Waals surface area contributed by atoms with E-state index in [2.05, 4.69) is 15.8 Å². The van der Waals surface area contributed by atoms with Gasteiger partial charge in [-0.3, -0.25) is 9.59 Å². The topological polar surface area (TPSA) is 90.8 Å². The molecule has 0 aromatic heterocycles. The summed E-state index contributed by atoms with van der Waals surface area (Å²) < 4.78 is 0. The second-order valence-corrected chi connectivity index (χ2v) is 4.99. The van der Waals surface area contributed by atoms with Crippen LogP contribution in [0.4, 0.5) is 0 Å². The summed E-state index contributed by atoms with van der Waals surface area (Å²) in [4.78, 5) is 22.8. The van der Waals surface area contributed by atoms with Crippen molar-refractivity contribution in [1.82, 2.24) is 10.7 Å². The molecule has 0 unspecified atom stereocenters. The first-order valence-corrected chi connectivity index (χ1v) is 5.72. The van der Waals surface area contributed by atoms with Gasteiger partial charge >= 0.3 is 11.8 Å². The van der Waals surface area contributed by atoms with Crippen LogP contribution in [0.2, 0.25) is 0 Å². The maximum absolute atomic E-state index is 11.4. The van der Waals surface area contributed by atoms with Crippen LogP contribution in [0.5, 0.6) is 5.75 Å². The monoisotopic (exact) mass is 263 g/mol. The van der Waals surface area contributed by atoms with Gasteiger partial charge < -0.3 is 10.4 Å². The van der Waals surface area contributed by atoms with Crippen molar-refractivity contribution in [3.05, 3.63) is 29.8 Å². The van der Waals surface area contributed by atoms with E-state index in [1.807, 2.05) is 0 Å². The van der Waals surface area contributed by atoms with Crippen molar-refractivity contribution < 1.29 is 14.7 Å². The second kappa shape index (κ2) is 5.99. The molecule has 1 aromatic rings. The van der Waals surface area contributed by atoms with Gasteiger partial charge in [-0.2, -0.15) is 5.10 Å². The first-order chi connectivity index (χ1) is 8.78. The number of carbonyl (C=O) groups is 2. The third kappa shape index (κ3) is 5.67. The van der Waals surface area contributed by atoms with E-state index in [0.717, 1.165) is 0 Å². The Hall–Kier alpha value is -2.37. The zero-order valence-electron chi connectivity index (χ0n) is 11.1. The largest absolute Gasteiger partial charge is 0.508 e. The molecule has 0 bridgehead atoms. The normalized spacial score (nSPS) is 11.3. The predicted molar refractivity (Wildman–Crippen MR) is 71.7 cm³/mol. The van der Waals surface area contributed by atoms with Crippen molar-refractivity contribution in [2.45, 2.75) is 26.3 Å². The number of hydrogen-bond acceptors (Lipinski definition) is 4. The molecule has 6 heteroatoms. The zero-order chi connectivity index (χ0) is 14.5. The number of nitrogens with zero attached hydrogens (tertiary/aromatic N) is 1. The highest BCUT2D eigenvalue weighted by atomic mass is 16.3. The third-order valence-corrected chi connectivity index (χ3v) is 1.97. The van der Waals surface area contributed by atoms with Crippen molar-refractivity contribution in [1.29, 1.82) is 0 Å². The molecule has 0 aliphatic carbocycles. The number of amides is 2. The van der Waals surface area contributed by atoms with E-state index in [0.29, 0.717) is 5.56 Å². The van der Waals surface area contributed by atoms with Gasteiger partial charge in [0.25, 0.3) is 0 Å². The summed E-state index contributed by atoms with van der Waals surface area (Å²) in [6, 6.07) is 6.24. The lowest BCUT2D eigenvalue weighted by atomic mass is 10.1. The molecule has 0 aliphatic rings. The van der Waals surface area contributed by atoms with E-state index >= 15 is 0 Å². The lowest BCUT2D eigenvalue weighted by Crippen LogP contribution is -2.47. The zero-order valence-corrected chi connectivity index (χ0v) is 11.1. The number of benzene rings is 1. The molecule has 0 atom stereocenters. The Labute approximate surface area is 111 Å². The molecule has 102 valence electrons. The van der Waals surface area contributed by atoms with Gasteiger partial charge in [0.15, 0.2) is 0 Å². The minimum atomic E-state index is -0.829. The quantitative estimate of drug-likeness (QED) is 0.418. The van der Waals surface area contributed by atoms with Crippen LogP contribution in [0.15, 0.2) is 29.4 Å². The minimum Gasteiger partial charge on any atom is -0.508 e. The summed E-state index contributed by atoms with van der Waals surface area (Å²) in [5, 5.41) is 15.3. The van der Waals surface area contributed by atoms with Crippen molar-refractivity contribution in [3.63, 3.8) is 0 Å². The first-order valence-electron chi connectivity index (χ1n) is 5.72. The van der Waals surface area contributed by atoms with Gasteiger partial charge in [0.2, 0.25) is 0 Å². The number of aromatic hydroxyl groups is 1. The van der Waals surface area contributed by atoms with E-state index in [1.54, 1.807) is 32.9 Å². The molecule has 0 heterocycles. The molecule has 3 N–H and O–H groups in total. The van der Waals surface area contributed by atoms with E-state index in [9.17, 15) is 9.59 Å². The molecular weight excluding hydrogens is 246 g/mol. The Balaban J connectivity index is 2.50. The van der Waals surface area contributed by atoms with E-state index in [1.165, 1.54) is 18.3 Å². The Kier molecular flexibility index (Phi) is 4.63. The van der Waals surface area contributed by atoms with E-state index in [4.69, 9.17) is 5.11 Å². The van der Waals surface area contributed by atoms with Gasteiger partial charge in [-0.25, -0.2) is 5.43 Å². The van der Waals surface area contributed by atoms with Crippen LogP contribution in [0.25, 0.3) is 0 Å². The van der Waals surface area contributed by atoms with Gasteiger partial charge in [-0.1, -0.05) is 0 Å². The summed E-state index contributed by atoms with van der Waals surface area (Å²) >= 11 is 0. The molecule has 0 saturated carbocycles. The smallest absolute Gasteiger partial charge is 0.329 e. The Morgan fingerprint density at radius 2 is 1.74 bits per heavy atom. The first kappa shape index (κ1) is 14.7. The van der Waals surface area contributed by atoms with Gasteiger partial charge in [-0.15, -0.1) is 0 Å². The maximum Gasteiger partial charge on any atom is 0.329 e. The number of phenols is 1. The lowest BCUT2D eigenvalue weighted by molar-refractivity contribution is -0.140. The van der Waals surface area contributed by atoms with Crippen LogP contribution < -0.4 is 10.7 Å². The van der Waals surface area contributed by atoms with Crippen molar-refractivity contribution in [2.75, 3.05) is 0 Å². The molecule has 1 rings (SSSR count). The fourth-order valence-corrected chi connectivity index (χ4v) is 1.17. The van der Waals surface area contributed by atoms with Crippen LogP contribution >= 0.6 is 0 Å². The number of hydrogen-bond donors (Lipinski definition) is 3. The molecule has 2 amide bonds. The highest BCUT2D eigenvalue weighted by Crippen LogP contribution is 2.07. The van der Waals surface area contributed by atoms with Gasteiger partial charge in [0.1, 0.15) is 5.75 Å². The average Bonchev–Trinajstić information content (AvgIpc) is 2.29. The van der Waals surface area contributed by atoms with Gasteiger partial charge in [-0.05, 0) is 50.6 Å². The van der Waals surface area contributed by atoms with Gasteiger partial charge in [0.05, 0.1) is 6.21 Å². The molecule has 0 saturated heterocycles. The van der Waals surface area contributed by atoms with Crippen LogP contribution in [-0.2, 0) is 9.59 Å². The number of carbonyl (C=O) groups excluding carboxylic acids is 2. The van der Waals surface area contributed by atoms with Crippen LogP contribution in [0, 0.1) is 0 Å². The number of hydrazone groups is 1. The molecule has 0 spiro atoms. The highest BCUT2D eigenvalue weighted by Gasteiger charge is 2.19. The van der Waals surface area contributed by atoms with Gasteiger partial charge in [0, 0.05) is 5.54 Å². The molecular formula is C13H17N3O3. The highest BCUT2D eigenvalue weighted by molar-refractivity contribution is 6.35. The fourth-order valence-electron chi connectivity index (χ4n) is 1.17. The Bertz CT molecular complexity index is 487. The number of phenolic OH excluding ortho intramolecular Hbond substituents is 1. The predicted octanol–water partition coefficient (Wildman–Crippen LogP) is 0.757. The number of nitrogens with one attached hydrogen (secondary N) is 2. The minimum absolute atomic E-state index is 0.144. The Morgan fingerprint density at radius 3 is 2.26 bits per heavy atom. The van der Waals surface area contributed by atoms with Crippen molar-refractivity contribution in [3.8, 4) is 5.75 Å². The fraction of sp³-hybridized carbons (Fsp3) is 0.308. The molecule has 0 radical (unpaired) electrons. The summed E-state index contributed by atoms with van der Waals surface area (Å²) in [6.45, 7) is 5.33. The van der Waals surface area contributed by atoms with E-state index < -0.39 is 17.4 Å². The summed E-state index contributed by atoms with van der Waals surface area (Å²) in [6.07, 6.45) is 1.38. The summed E-state index contributed by atoms with van der Waals surface area (Å²) in [7, 11) is 0. The number of rotatable bonds is 2. The summed E-state index contributed by atoms with van der Waals surface area (Å²) in [5.41, 5.74) is 2.34. The van der Waals surface area contributed by atoms with Crippen LogP contribution in [0.3, 0.4) is 0 Å². The van der Waals surface area contributed by atoms with E-state index in [-0.39, 0.29) is 5.75 Å². The van der Waals surface area contributed by atoms with Crippen LogP contribution in [0.1, 0.15) is 26.3 Å². The Morgan fingerprint density at radius 1 is 1.16 bits per heavy atom. The molecule has 6 nitrogen and oxygen atoms in total. The standard InChI is InChI=1S/C13H17N3O3/c1-13(2,3)15-11(18)12(19)16-14-8-9-4-6-10(17)7-5-9/h4-8,17H,1-3H3,(H,15,18)(H,16,19)/b14-8+. The van der Waals surface area contributed by atoms with Crippen molar-refractivity contribution in [2.24, 2.45) is 5.10 Å².